The molecule has 0 saturated heterocycles. The first kappa shape index (κ1) is 13.6. The number of nitrogens with zero attached hydrogens (tertiary/aromatic N) is 2. The molecule has 2 aromatic rings. The van der Waals surface area contributed by atoms with Gasteiger partial charge in [-0.15, -0.1) is 0 Å². The van der Waals surface area contributed by atoms with Crippen LogP contribution >= 0.6 is 11.8 Å². The van der Waals surface area contributed by atoms with Crippen molar-refractivity contribution in [3.05, 3.63) is 42.2 Å². The number of nitrogens with one attached hydrogen (secondary N) is 2. The summed E-state index contributed by atoms with van der Waals surface area (Å²) in [7, 11) is 1.64. The van der Waals surface area contributed by atoms with Crippen LogP contribution in [-0.2, 0) is 10.3 Å². The van der Waals surface area contributed by atoms with E-state index in [0.717, 1.165) is 0 Å². The lowest BCUT2D eigenvalue weighted by molar-refractivity contribution is -0.144. The van der Waals surface area contributed by atoms with Crippen molar-refractivity contribution in [2.45, 2.75) is 10.7 Å². The highest BCUT2D eigenvalue weighted by Crippen LogP contribution is 2.28. The van der Waals surface area contributed by atoms with Crippen LogP contribution in [0.2, 0.25) is 0 Å². The molecular formula is C12H14N4O2S. The number of hydrogen-bond donors (Lipinski definition) is 3. The monoisotopic (exact) mass is 278 g/mol. The van der Waals surface area contributed by atoms with Crippen LogP contribution in [0.4, 0.5) is 0 Å². The summed E-state index contributed by atoms with van der Waals surface area (Å²) in [4.78, 5) is 15.7. The Kier molecular flexibility index (Phi) is 4.18. The molecule has 100 valence electrons. The number of aliphatic carboxylic acids is 1. The molecule has 0 aliphatic heterocycles. The number of aromatic amines is 1. The molecule has 0 aliphatic carbocycles. The van der Waals surface area contributed by atoms with Crippen molar-refractivity contribution in [3.8, 4) is 0 Å². The van der Waals surface area contributed by atoms with E-state index in [9.17, 15) is 9.90 Å². The lowest BCUT2D eigenvalue weighted by Gasteiger charge is -2.28. The maximum Gasteiger partial charge on any atom is 0.329 e. The van der Waals surface area contributed by atoms with Crippen molar-refractivity contribution in [2.24, 2.45) is 0 Å². The molecule has 19 heavy (non-hydrogen) atoms. The van der Waals surface area contributed by atoms with Crippen LogP contribution in [0.5, 0.6) is 0 Å². The number of rotatable bonds is 6. The van der Waals surface area contributed by atoms with Crippen LogP contribution < -0.4 is 5.32 Å². The number of likely N-dealkylation sites (N-methyl/N-ethyl adjacent to an activating group) is 1. The molecule has 0 bridgehead atoms. The Morgan fingerprint density at radius 1 is 1.47 bits per heavy atom. The van der Waals surface area contributed by atoms with Crippen molar-refractivity contribution in [1.82, 2.24) is 20.5 Å². The number of benzene rings is 1. The Morgan fingerprint density at radius 2 is 2.21 bits per heavy atom. The maximum atomic E-state index is 11.7. The van der Waals surface area contributed by atoms with E-state index in [2.05, 4.69) is 20.5 Å². The normalized spacial score (nSPS) is 13.9. The quantitative estimate of drug-likeness (QED) is 0.685. The van der Waals surface area contributed by atoms with Crippen LogP contribution in [0.3, 0.4) is 0 Å². The molecule has 2 rings (SSSR count). The summed E-state index contributed by atoms with van der Waals surface area (Å²) in [5.74, 6) is -0.619. The average Bonchev–Trinajstić information content (AvgIpc) is 2.94. The molecule has 3 N–H and O–H groups in total. The van der Waals surface area contributed by atoms with Gasteiger partial charge in [0, 0.05) is 5.75 Å². The van der Waals surface area contributed by atoms with Crippen molar-refractivity contribution in [1.29, 1.82) is 0 Å². The summed E-state index contributed by atoms with van der Waals surface area (Å²) in [6.07, 6.45) is 1.40. The summed E-state index contributed by atoms with van der Waals surface area (Å²) in [5.41, 5.74) is -0.448. The highest BCUT2D eigenvalue weighted by Gasteiger charge is 2.39. The Bertz CT molecular complexity index is 532. The topological polar surface area (TPSA) is 90.9 Å². The number of carboxylic acids is 1. The van der Waals surface area contributed by atoms with Crippen LogP contribution in [0, 0.1) is 0 Å². The number of thioether (sulfide) groups is 1. The predicted molar refractivity (Wildman–Crippen MR) is 71.9 cm³/mol. The fourth-order valence-electron chi connectivity index (χ4n) is 1.76. The molecule has 0 aliphatic rings. The SMILES string of the molecule is CNC(CSc1ncn[nH]1)(C(=O)O)c1ccccc1. The van der Waals surface area contributed by atoms with Gasteiger partial charge in [-0.2, -0.15) is 5.10 Å². The van der Waals surface area contributed by atoms with Gasteiger partial charge in [-0.1, -0.05) is 42.1 Å². The standard InChI is InChI=1S/C12H14N4O2S/c1-13-12(10(17)18,9-5-3-2-4-6-9)7-19-11-14-8-15-16-11/h2-6,8,13H,7H2,1H3,(H,17,18)(H,14,15,16). The first-order chi connectivity index (χ1) is 9.19. The van der Waals surface area contributed by atoms with Crippen LogP contribution in [0.25, 0.3) is 0 Å². The first-order valence-corrected chi connectivity index (χ1v) is 6.63. The second-order valence-electron chi connectivity index (χ2n) is 3.91. The number of carbonyl (C=O) groups is 1. The van der Waals surface area contributed by atoms with Gasteiger partial charge >= 0.3 is 5.97 Å². The van der Waals surface area contributed by atoms with Gasteiger partial charge in [-0.25, -0.2) is 9.78 Å². The van der Waals surface area contributed by atoms with Crippen molar-refractivity contribution < 1.29 is 9.90 Å². The largest absolute Gasteiger partial charge is 0.480 e. The van der Waals surface area contributed by atoms with E-state index in [4.69, 9.17) is 0 Å². The number of H-pyrrole nitrogens is 1. The highest BCUT2D eigenvalue weighted by molar-refractivity contribution is 7.99. The van der Waals surface area contributed by atoms with Crippen molar-refractivity contribution in [3.63, 3.8) is 0 Å². The van der Waals surface area contributed by atoms with E-state index in [-0.39, 0.29) is 0 Å². The zero-order chi connectivity index (χ0) is 13.7. The van der Waals surface area contributed by atoms with Crippen LogP contribution in [-0.4, -0.2) is 39.1 Å². The minimum atomic E-state index is -1.15. The fourth-order valence-corrected chi connectivity index (χ4v) is 2.78. The third-order valence-electron chi connectivity index (χ3n) is 2.88. The lowest BCUT2D eigenvalue weighted by atomic mass is 9.92. The van der Waals surface area contributed by atoms with E-state index in [0.29, 0.717) is 16.5 Å². The molecule has 1 atom stereocenters. The summed E-state index contributed by atoms with van der Waals surface area (Å²) < 4.78 is 0. The highest BCUT2D eigenvalue weighted by atomic mass is 32.2. The van der Waals surface area contributed by atoms with Gasteiger partial charge in [0.1, 0.15) is 6.33 Å². The third kappa shape index (κ3) is 2.77. The molecule has 0 saturated carbocycles. The van der Waals surface area contributed by atoms with Crippen molar-refractivity contribution in [2.75, 3.05) is 12.8 Å². The van der Waals surface area contributed by atoms with E-state index in [1.165, 1.54) is 18.1 Å². The van der Waals surface area contributed by atoms with Gasteiger partial charge in [-0.05, 0) is 12.6 Å². The Morgan fingerprint density at radius 3 is 2.74 bits per heavy atom. The Balaban J connectivity index is 2.27. The molecule has 6 nitrogen and oxygen atoms in total. The second kappa shape index (κ2) is 5.85. The van der Waals surface area contributed by atoms with Gasteiger partial charge in [0.15, 0.2) is 10.7 Å². The first-order valence-electron chi connectivity index (χ1n) is 5.65. The van der Waals surface area contributed by atoms with Crippen LogP contribution in [0.1, 0.15) is 5.56 Å². The zero-order valence-electron chi connectivity index (χ0n) is 10.3. The number of hydrogen-bond acceptors (Lipinski definition) is 5. The molecule has 7 heteroatoms. The molecule has 0 fully saturated rings. The zero-order valence-corrected chi connectivity index (χ0v) is 11.1. The minimum absolute atomic E-state index is 0.304. The minimum Gasteiger partial charge on any atom is -0.480 e. The van der Waals surface area contributed by atoms with Gasteiger partial charge in [0.25, 0.3) is 0 Å². The Labute approximate surface area is 114 Å². The van der Waals surface area contributed by atoms with Gasteiger partial charge in [0.2, 0.25) is 0 Å². The summed E-state index contributed by atoms with van der Waals surface area (Å²) >= 11 is 1.31. The maximum absolute atomic E-state index is 11.7. The van der Waals surface area contributed by atoms with E-state index < -0.39 is 11.5 Å². The summed E-state index contributed by atoms with van der Waals surface area (Å²) in [5, 5.41) is 19.5. The number of carboxylic acid groups (broad SMARTS) is 1. The molecular weight excluding hydrogens is 264 g/mol. The van der Waals surface area contributed by atoms with Crippen LogP contribution in [0.15, 0.2) is 41.8 Å². The number of aromatic nitrogens is 3. The second-order valence-corrected chi connectivity index (χ2v) is 4.87. The Hall–Kier alpha value is -1.86. The third-order valence-corrected chi connectivity index (χ3v) is 3.92. The lowest BCUT2D eigenvalue weighted by Crippen LogP contribution is -2.49. The van der Waals surface area contributed by atoms with Gasteiger partial charge in [-0.3, -0.25) is 5.10 Å². The summed E-state index contributed by atoms with van der Waals surface area (Å²) in [6.45, 7) is 0. The van der Waals surface area contributed by atoms with Gasteiger partial charge < -0.3 is 10.4 Å². The molecule has 0 amide bonds. The molecule has 1 unspecified atom stereocenters. The molecule has 0 radical (unpaired) electrons. The van der Waals surface area contributed by atoms with Crippen molar-refractivity contribution >= 4 is 17.7 Å². The molecule has 1 aromatic heterocycles. The van der Waals surface area contributed by atoms with E-state index in [1.54, 1.807) is 19.2 Å². The van der Waals surface area contributed by atoms with Gasteiger partial charge in [0.05, 0.1) is 0 Å². The molecule has 1 heterocycles. The van der Waals surface area contributed by atoms with E-state index >= 15 is 0 Å². The average molecular weight is 278 g/mol. The fraction of sp³-hybridized carbons (Fsp3) is 0.250. The smallest absolute Gasteiger partial charge is 0.329 e. The van der Waals surface area contributed by atoms with E-state index in [1.807, 2.05) is 18.2 Å². The summed E-state index contributed by atoms with van der Waals surface area (Å²) in [6, 6.07) is 9.10. The molecule has 0 spiro atoms. The molecule has 1 aromatic carbocycles. The predicted octanol–water partition coefficient (Wildman–Crippen LogP) is 1.10.